The molecular weight excluding hydrogens is 490 g/mol. The van der Waals surface area contributed by atoms with Crippen molar-refractivity contribution in [1.29, 1.82) is 0 Å². The number of carbonyl (C=O) groups is 4. The molecule has 1 aromatic rings. The van der Waals surface area contributed by atoms with Crippen LogP contribution in [0.1, 0.15) is 79.2 Å². The maximum Gasteiger partial charge on any atom is 0.323 e. The predicted molar refractivity (Wildman–Crippen MR) is 144 cm³/mol. The van der Waals surface area contributed by atoms with Crippen LogP contribution in [0.4, 0.5) is 0 Å². The van der Waals surface area contributed by atoms with Crippen LogP contribution >= 0.6 is 0 Å². The molecular formula is C29H45NO8. The van der Waals surface area contributed by atoms with Crippen molar-refractivity contribution in [2.75, 3.05) is 20.3 Å². The second kappa shape index (κ2) is 17.5. The van der Waals surface area contributed by atoms with Crippen LogP contribution < -0.4 is 14.8 Å². The second-order valence-electron chi connectivity index (χ2n) is 9.71. The first-order chi connectivity index (χ1) is 18.1. The van der Waals surface area contributed by atoms with Crippen LogP contribution in [-0.2, 0) is 35.1 Å². The number of hydrogen-bond donors (Lipinski definition) is 1. The maximum absolute atomic E-state index is 12.7. The van der Waals surface area contributed by atoms with Gasteiger partial charge in [-0.05, 0) is 43.4 Å². The van der Waals surface area contributed by atoms with E-state index in [1.165, 1.54) is 7.11 Å². The summed E-state index contributed by atoms with van der Waals surface area (Å²) in [7, 11) is 1.29. The highest BCUT2D eigenvalue weighted by Crippen LogP contribution is 2.31. The molecule has 0 saturated carbocycles. The van der Waals surface area contributed by atoms with Gasteiger partial charge in [0.05, 0.1) is 24.9 Å². The van der Waals surface area contributed by atoms with Crippen molar-refractivity contribution >= 4 is 23.9 Å². The number of nitrogens with one attached hydrogen (secondary N) is 1. The summed E-state index contributed by atoms with van der Waals surface area (Å²) in [5.74, 6) is -2.14. The fraction of sp³-hybridized carbons (Fsp3) is 0.655. The van der Waals surface area contributed by atoms with Gasteiger partial charge in [0.1, 0.15) is 12.6 Å². The lowest BCUT2D eigenvalue weighted by atomic mass is 10.0. The quantitative estimate of drug-likeness (QED) is 0.173. The van der Waals surface area contributed by atoms with Crippen molar-refractivity contribution in [2.24, 2.45) is 17.8 Å². The Morgan fingerprint density at radius 2 is 1.37 bits per heavy atom. The molecule has 0 fully saturated rings. The standard InChI is InChI=1S/C29H45NO8/c1-8-11-20(5)27(32)37-24-14-13-22(18-25(24)38-28(33)21(6)12-9-2)17-23(29(34)35-7)30-15-16-36-26(31)19(4)10-3/h13-14,18-21,23,30H,8-12,15-17H2,1-7H3/t19?,20?,21?,23-/m0/s1. The third-order valence-electron chi connectivity index (χ3n) is 6.35. The molecule has 0 aliphatic rings. The van der Waals surface area contributed by atoms with Gasteiger partial charge in [-0.15, -0.1) is 0 Å². The van der Waals surface area contributed by atoms with Crippen molar-refractivity contribution < 1.29 is 38.1 Å². The molecule has 0 aliphatic carbocycles. The number of benzene rings is 1. The minimum atomic E-state index is -0.733. The highest BCUT2D eigenvalue weighted by molar-refractivity contribution is 5.79. The number of hydrogen-bond acceptors (Lipinski definition) is 9. The van der Waals surface area contributed by atoms with Crippen molar-refractivity contribution in [3.05, 3.63) is 23.8 Å². The van der Waals surface area contributed by atoms with Gasteiger partial charge in [-0.1, -0.05) is 60.5 Å². The summed E-state index contributed by atoms with van der Waals surface area (Å²) in [5.41, 5.74) is 0.664. The van der Waals surface area contributed by atoms with Crippen LogP contribution in [0.3, 0.4) is 0 Å². The summed E-state index contributed by atoms with van der Waals surface area (Å²) >= 11 is 0. The molecule has 9 nitrogen and oxygen atoms in total. The van der Waals surface area contributed by atoms with Crippen molar-refractivity contribution in [2.45, 2.75) is 86.1 Å². The summed E-state index contributed by atoms with van der Waals surface area (Å²) < 4.78 is 21.4. The fourth-order valence-electron chi connectivity index (χ4n) is 3.67. The van der Waals surface area contributed by atoms with Gasteiger partial charge in [0.2, 0.25) is 0 Å². The number of rotatable bonds is 17. The Bertz CT molecular complexity index is 916. The van der Waals surface area contributed by atoms with Gasteiger partial charge in [-0.3, -0.25) is 19.2 Å². The molecule has 0 saturated heterocycles. The summed E-state index contributed by atoms with van der Waals surface area (Å²) in [6, 6.07) is 4.15. The first-order valence-electron chi connectivity index (χ1n) is 13.6. The van der Waals surface area contributed by atoms with E-state index in [2.05, 4.69) is 5.32 Å². The van der Waals surface area contributed by atoms with E-state index in [-0.39, 0.29) is 54.8 Å². The van der Waals surface area contributed by atoms with E-state index in [9.17, 15) is 19.2 Å². The normalized spacial score (nSPS) is 14.1. The average Bonchev–Trinajstić information content (AvgIpc) is 2.90. The number of esters is 4. The van der Waals surface area contributed by atoms with E-state index in [4.69, 9.17) is 18.9 Å². The molecule has 38 heavy (non-hydrogen) atoms. The minimum absolute atomic E-state index is 0.111. The zero-order valence-electron chi connectivity index (χ0n) is 24.0. The lowest BCUT2D eigenvalue weighted by Gasteiger charge is -2.19. The first-order valence-corrected chi connectivity index (χ1v) is 13.6. The molecule has 214 valence electrons. The number of methoxy groups -OCH3 is 1. The molecule has 0 radical (unpaired) electrons. The minimum Gasteiger partial charge on any atom is -0.468 e. The molecule has 3 unspecified atom stereocenters. The summed E-state index contributed by atoms with van der Waals surface area (Å²) in [5, 5.41) is 3.06. The van der Waals surface area contributed by atoms with Gasteiger partial charge in [0.25, 0.3) is 0 Å². The Hall–Kier alpha value is -2.94. The third kappa shape index (κ3) is 11.2. The van der Waals surface area contributed by atoms with Gasteiger partial charge in [-0.25, -0.2) is 0 Å². The van der Waals surface area contributed by atoms with Crippen molar-refractivity contribution in [1.82, 2.24) is 5.32 Å². The van der Waals surface area contributed by atoms with E-state index in [0.717, 1.165) is 12.8 Å². The highest BCUT2D eigenvalue weighted by atomic mass is 16.6. The van der Waals surface area contributed by atoms with E-state index >= 15 is 0 Å². The predicted octanol–water partition coefficient (Wildman–Crippen LogP) is 4.63. The zero-order chi connectivity index (χ0) is 28.7. The molecule has 0 bridgehead atoms. The number of ether oxygens (including phenoxy) is 4. The summed E-state index contributed by atoms with van der Waals surface area (Å²) in [6.45, 7) is 11.6. The van der Waals surface area contributed by atoms with Gasteiger partial charge >= 0.3 is 23.9 Å². The first kappa shape index (κ1) is 33.1. The van der Waals surface area contributed by atoms with E-state index in [0.29, 0.717) is 24.8 Å². The molecule has 0 spiro atoms. The Morgan fingerprint density at radius 3 is 1.89 bits per heavy atom. The van der Waals surface area contributed by atoms with Gasteiger partial charge in [0.15, 0.2) is 11.5 Å². The average molecular weight is 536 g/mol. The van der Waals surface area contributed by atoms with Crippen LogP contribution in [0.25, 0.3) is 0 Å². The van der Waals surface area contributed by atoms with Gasteiger partial charge in [-0.2, -0.15) is 0 Å². The molecule has 0 aliphatic heterocycles. The Kier molecular flexibility index (Phi) is 15.3. The molecule has 4 atom stereocenters. The van der Waals surface area contributed by atoms with E-state index < -0.39 is 23.9 Å². The Balaban J connectivity index is 3.08. The van der Waals surface area contributed by atoms with E-state index in [1.807, 2.05) is 20.8 Å². The second-order valence-corrected chi connectivity index (χ2v) is 9.71. The molecule has 9 heteroatoms. The molecule has 0 heterocycles. The lowest BCUT2D eigenvalue weighted by molar-refractivity contribution is -0.148. The van der Waals surface area contributed by atoms with Crippen LogP contribution in [-0.4, -0.2) is 50.2 Å². The van der Waals surface area contributed by atoms with Crippen LogP contribution in [0.2, 0.25) is 0 Å². The van der Waals surface area contributed by atoms with Gasteiger partial charge < -0.3 is 24.3 Å². The molecule has 1 aromatic carbocycles. The maximum atomic E-state index is 12.7. The molecule has 1 N–H and O–H groups in total. The number of carbonyl (C=O) groups excluding carboxylic acids is 4. The summed E-state index contributed by atoms with van der Waals surface area (Å²) in [4.78, 5) is 49.5. The summed E-state index contributed by atoms with van der Waals surface area (Å²) in [6.07, 6.45) is 3.90. The smallest absolute Gasteiger partial charge is 0.323 e. The fourth-order valence-corrected chi connectivity index (χ4v) is 3.67. The van der Waals surface area contributed by atoms with Crippen molar-refractivity contribution in [3.8, 4) is 11.5 Å². The van der Waals surface area contributed by atoms with Crippen molar-refractivity contribution in [3.63, 3.8) is 0 Å². The van der Waals surface area contributed by atoms with Crippen LogP contribution in [0.15, 0.2) is 18.2 Å². The topological polar surface area (TPSA) is 117 Å². The highest BCUT2D eigenvalue weighted by Gasteiger charge is 2.24. The third-order valence-corrected chi connectivity index (χ3v) is 6.35. The lowest BCUT2D eigenvalue weighted by Crippen LogP contribution is -2.41. The largest absolute Gasteiger partial charge is 0.468 e. The molecule has 0 amide bonds. The van der Waals surface area contributed by atoms with Gasteiger partial charge in [0, 0.05) is 6.54 Å². The molecule has 1 rings (SSSR count). The van der Waals surface area contributed by atoms with E-state index in [1.54, 1.807) is 39.0 Å². The SMILES string of the molecule is CCCC(C)C(=O)Oc1ccc(C[C@H](NCCOC(=O)C(C)CC)C(=O)OC)cc1OC(=O)C(C)CCC. The van der Waals surface area contributed by atoms with Crippen LogP contribution in [0, 0.1) is 17.8 Å². The zero-order valence-corrected chi connectivity index (χ0v) is 24.0. The molecule has 0 aromatic heterocycles. The Morgan fingerprint density at radius 1 is 0.789 bits per heavy atom. The monoisotopic (exact) mass is 535 g/mol. The Labute approximate surface area is 226 Å². The van der Waals surface area contributed by atoms with Crippen LogP contribution in [0.5, 0.6) is 11.5 Å².